The van der Waals surface area contributed by atoms with Crippen LogP contribution in [0.3, 0.4) is 0 Å². The van der Waals surface area contributed by atoms with Crippen LogP contribution in [0.4, 0.5) is 0 Å². The zero-order chi connectivity index (χ0) is 11.1. The molecule has 0 aliphatic carbocycles. The first-order chi connectivity index (χ1) is 6.65. The Morgan fingerprint density at radius 3 is 2.21 bits per heavy atom. The highest BCUT2D eigenvalue weighted by atomic mass is 16.3. The van der Waals surface area contributed by atoms with E-state index in [2.05, 4.69) is 5.32 Å². The molecular weight excluding hydrogens is 182 g/mol. The van der Waals surface area contributed by atoms with Crippen LogP contribution >= 0.6 is 0 Å². The van der Waals surface area contributed by atoms with E-state index in [1.807, 2.05) is 13.8 Å². The van der Waals surface area contributed by atoms with Crippen molar-refractivity contribution in [1.82, 2.24) is 5.32 Å². The van der Waals surface area contributed by atoms with Crippen LogP contribution < -0.4 is 5.32 Å². The SMILES string of the molecule is CC.CNC(=O)c1ccc(O)c(O)c1. The molecule has 14 heavy (non-hydrogen) atoms. The van der Waals surface area contributed by atoms with Crippen molar-refractivity contribution in [2.45, 2.75) is 13.8 Å². The highest BCUT2D eigenvalue weighted by molar-refractivity contribution is 5.94. The van der Waals surface area contributed by atoms with E-state index in [0.717, 1.165) is 0 Å². The molecule has 0 unspecified atom stereocenters. The Kier molecular flexibility index (Phi) is 5.14. The normalized spacial score (nSPS) is 8.50. The van der Waals surface area contributed by atoms with Crippen LogP contribution in [0.25, 0.3) is 0 Å². The molecule has 0 saturated heterocycles. The summed E-state index contributed by atoms with van der Waals surface area (Å²) in [5.74, 6) is -0.830. The molecule has 0 bridgehead atoms. The summed E-state index contributed by atoms with van der Waals surface area (Å²) in [6, 6.07) is 3.89. The van der Waals surface area contributed by atoms with Crippen LogP contribution in [0.5, 0.6) is 11.5 Å². The summed E-state index contributed by atoms with van der Waals surface area (Å²) in [6.07, 6.45) is 0. The molecule has 4 nitrogen and oxygen atoms in total. The van der Waals surface area contributed by atoms with Gasteiger partial charge < -0.3 is 15.5 Å². The smallest absolute Gasteiger partial charge is 0.251 e. The molecule has 1 rings (SSSR count). The van der Waals surface area contributed by atoms with E-state index in [4.69, 9.17) is 10.2 Å². The fraction of sp³-hybridized carbons (Fsp3) is 0.300. The molecule has 1 aromatic carbocycles. The number of carbonyl (C=O) groups is 1. The van der Waals surface area contributed by atoms with Crippen LogP contribution in [0.2, 0.25) is 0 Å². The number of rotatable bonds is 1. The van der Waals surface area contributed by atoms with Gasteiger partial charge in [0.25, 0.3) is 5.91 Å². The van der Waals surface area contributed by atoms with Gasteiger partial charge in [-0.05, 0) is 18.2 Å². The third-order valence-corrected chi connectivity index (χ3v) is 1.46. The van der Waals surface area contributed by atoms with Crippen LogP contribution in [0.1, 0.15) is 24.2 Å². The van der Waals surface area contributed by atoms with Gasteiger partial charge in [0.2, 0.25) is 0 Å². The van der Waals surface area contributed by atoms with Gasteiger partial charge in [-0.3, -0.25) is 4.79 Å². The molecule has 0 atom stereocenters. The van der Waals surface area contributed by atoms with Gasteiger partial charge in [-0.2, -0.15) is 0 Å². The highest BCUT2D eigenvalue weighted by Gasteiger charge is 2.05. The molecule has 0 fully saturated rings. The second-order valence-electron chi connectivity index (χ2n) is 2.28. The molecule has 4 heteroatoms. The predicted octanol–water partition coefficient (Wildman–Crippen LogP) is 1.48. The topological polar surface area (TPSA) is 69.6 Å². The third-order valence-electron chi connectivity index (χ3n) is 1.46. The molecular formula is C10H15NO3. The molecule has 0 heterocycles. The molecule has 0 spiro atoms. The van der Waals surface area contributed by atoms with Crippen molar-refractivity contribution in [2.24, 2.45) is 0 Å². The first-order valence-electron chi connectivity index (χ1n) is 4.39. The fourth-order valence-corrected chi connectivity index (χ4v) is 0.809. The maximum Gasteiger partial charge on any atom is 0.251 e. The van der Waals surface area contributed by atoms with E-state index in [1.54, 1.807) is 0 Å². The first kappa shape index (κ1) is 12.3. The molecule has 0 saturated carbocycles. The Bertz CT molecular complexity index is 310. The van der Waals surface area contributed by atoms with Crippen molar-refractivity contribution < 1.29 is 15.0 Å². The number of phenols is 2. The van der Waals surface area contributed by atoms with Crippen molar-refractivity contribution in [1.29, 1.82) is 0 Å². The van der Waals surface area contributed by atoms with Crippen molar-refractivity contribution in [3.63, 3.8) is 0 Å². The number of hydrogen-bond acceptors (Lipinski definition) is 3. The number of nitrogens with one attached hydrogen (secondary N) is 1. The summed E-state index contributed by atoms with van der Waals surface area (Å²) in [5, 5.41) is 20.3. The molecule has 1 aromatic rings. The van der Waals surface area contributed by atoms with E-state index >= 15 is 0 Å². The maximum absolute atomic E-state index is 11.0. The predicted molar refractivity (Wildman–Crippen MR) is 54.5 cm³/mol. The maximum atomic E-state index is 11.0. The van der Waals surface area contributed by atoms with Gasteiger partial charge in [0, 0.05) is 12.6 Å². The summed E-state index contributed by atoms with van der Waals surface area (Å²) >= 11 is 0. The zero-order valence-corrected chi connectivity index (χ0v) is 8.53. The minimum absolute atomic E-state index is 0.234. The Balaban J connectivity index is 0.000000791. The largest absolute Gasteiger partial charge is 0.504 e. The lowest BCUT2D eigenvalue weighted by molar-refractivity contribution is 0.0962. The first-order valence-corrected chi connectivity index (χ1v) is 4.39. The summed E-state index contributed by atoms with van der Waals surface area (Å²) in [5.41, 5.74) is 0.313. The number of benzene rings is 1. The fourth-order valence-electron chi connectivity index (χ4n) is 0.809. The summed E-state index contributed by atoms with van der Waals surface area (Å²) in [6.45, 7) is 4.00. The van der Waals surface area contributed by atoms with Gasteiger partial charge in [-0.15, -0.1) is 0 Å². The molecule has 0 aliphatic rings. The quantitative estimate of drug-likeness (QED) is 0.597. The van der Waals surface area contributed by atoms with E-state index in [0.29, 0.717) is 5.56 Å². The van der Waals surface area contributed by atoms with Gasteiger partial charge in [0.15, 0.2) is 11.5 Å². The van der Waals surface area contributed by atoms with Gasteiger partial charge >= 0.3 is 0 Å². The minimum Gasteiger partial charge on any atom is -0.504 e. The van der Waals surface area contributed by atoms with Crippen molar-refractivity contribution >= 4 is 5.91 Å². The van der Waals surface area contributed by atoms with E-state index in [9.17, 15) is 4.79 Å². The molecule has 3 N–H and O–H groups in total. The minimum atomic E-state index is -0.301. The molecule has 0 aliphatic heterocycles. The van der Waals surface area contributed by atoms with Crippen LogP contribution in [0, 0.1) is 0 Å². The number of amides is 1. The standard InChI is InChI=1S/C8H9NO3.C2H6/c1-9-8(12)5-2-3-6(10)7(11)4-5;1-2/h2-4,10-11H,1H3,(H,9,12);1-2H3. The van der Waals surface area contributed by atoms with Gasteiger partial charge in [0.05, 0.1) is 0 Å². The Morgan fingerprint density at radius 1 is 1.21 bits per heavy atom. The van der Waals surface area contributed by atoms with Crippen molar-refractivity contribution in [3.8, 4) is 11.5 Å². The lowest BCUT2D eigenvalue weighted by Crippen LogP contribution is -2.17. The second-order valence-corrected chi connectivity index (χ2v) is 2.28. The lowest BCUT2D eigenvalue weighted by Gasteiger charge is -2.01. The average molecular weight is 197 g/mol. The second kappa shape index (κ2) is 5.85. The number of hydrogen-bond donors (Lipinski definition) is 3. The zero-order valence-electron chi connectivity index (χ0n) is 8.53. The number of phenolic OH excluding ortho intramolecular Hbond substituents is 2. The van der Waals surface area contributed by atoms with Crippen LogP contribution in [0.15, 0.2) is 18.2 Å². The van der Waals surface area contributed by atoms with Crippen LogP contribution in [-0.2, 0) is 0 Å². The summed E-state index contributed by atoms with van der Waals surface area (Å²) in [7, 11) is 1.49. The highest BCUT2D eigenvalue weighted by Crippen LogP contribution is 2.24. The van der Waals surface area contributed by atoms with Crippen molar-refractivity contribution in [3.05, 3.63) is 23.8 Å². The van der Waals surface area contributed by atoms with Gasteiger partial charge in [0.1, 0.15) is 0 Å². The van der Waals surface area contributed by atoms with Crippen LogP contribution in [-0.4, -0.2) is 23.2 Å². The van der Waals surface area contributed by atoms with E-state index in [1.165, 1.54) is 25.2 Å². The molecule has 0 aromatic heterocycles. The Hall–Kier alpha value is -1.71. The van der Waals surface area contributed by atoms with Gasteiger partial charge in [-0.25, -0.2) is 0 Å². The Morgan fingerprint density at radius 2 is 1.79 bits per heavy atom. The summed E-state index contributed by atoms with van der Waals surface area (Å²) < 4.78 is 0. The summed E-state index contributed by atoms with van der Waals surface area (Å²) in [4.78, 5) is 11.0. The van der Waals surface area contributed by atoms with Gasteiger partial charge in [-0.1, -0.05) is 13.8 Å². The molecule has 78 valence electrons. The van der Waals surface area contributed by atoms with E-state index in [-0.39, 0.29) is 17.4 Å². The van der Waals surface area contributed by atoms with E-state index < -0.39 is 0 Å². The third kappa shape index (κ3) is 2.97. The number of carbonyl (C=O) groups excluding carboxylic acids is 1. The molecule has 1 amide bonds. The average Bonchev–Trinajstić information content (AvgIpc) is 2.24. The lowest BCUT2D eigenvalue weighted by atomic mass is 10.2. The molecule has 0 radical (unpaired) electrons. The van der Waals surface area contributed by atoms with Crippen molar-refractivity contribution in [2.75, 3.05) is 7.05 Å². The number of aromatic hydroxyl groups is 2. The Labute approximate surface area is 83.2 Å². The monoisotopic (exact) mass is 197 g/mol.